The Labute approximate surface area is 94.0 Å². The minimum absolute atomic E-state index is 0.107. The van der Waals surface area contributed by atoms with Gasteiger partial charge in [-0.05, 0) is 17.7 Å². The fraction of sp³-hybridized carbons (Fsp3) is 0.417. The van der Waals surface area contributed by atoms with Crippen molar-refractivity contribution in [1.82, 2.24) is 0 Å². The van der Waals surface area contributed by atoms with Crippen LogP contribution >= 0.6 is 0 Å². The molecule has 1 aromatic rings. The monoisotopic (exact) mass is 221 g/mol. The standard InChI is InChI=1S/C12H15NO3/c13-11-7-16-6-10(11)12(15)5-8-1-3-9(14)4-2-8/h1-4,10-11,14H,5-7,13H2. The van der Waals surface area contributed by atoms with Gasteiger partial charge in [0.2, 0.25) is 0 Å². The molecule has 0 amide bonds. The molecule has 1 fully saturated rings. The molecule has 0 aromatic heterocycles. The van der Waals surface area contributed by atoms with Crippen LogP contribution in [-0.2, 0) is 16.0 Å². The van der Waals surface area contributed by atoms with Crippen molar-refractivity contribution in [1.29, 1.82) is 0 Å². The molecule has 1 aromatic carbocycles. The lowest BCUT2D eigenvalue weighted by molar-refractivity contribution is -0.122. The Bertz CT molecular complexity index is 374. The molecule has 1 aliphatic rings. The van der Waals surface area contributed by atoms with E-state index in [2.05, 4.69) is 0 Å². The van der Waals surface area contributed by atoms with Crippen LogP contribution in [-0.4, -0.2) is 30.1 Å². The number of Topliss-reactive ketones (excluding diaryl/α,β-unsaturated/α-hetero) is 1. The molecule has 0 spiro atoms. The first-order chi connectivity index (χ1) is 7.66. The molecule has 2 unspecified atom stereocenters. The Morgan fingerprint density at radius 1 is 1.38 bits per heavy atom. The van der Waals surface area contributed by atoms with E-state index in [0.717, 1.165) is 5.56 Å². The normalized spacial score (nSPS) is 24.6. The maximum atomic E-state index is 11.9. The van der Waals surface area contributed by atoms with Crippen molar-refractivity contribution < 1.29 is 14.6 Å². The van der Waals surface area contributed by atoms with E-state index in [1.807, 2.05) is 0 Å². The quantitative estimate of drug-likeness (QED) is 0.778. The van der Waals surface area contributed by atoms with E-state index in [0.29, 0.717) is 19.6 Å². The third kappa shape index (κ3) is 2.40. The summed E-state index contributed by atoms with van der Waals surface area (Å²) in [5, 5.41) is 9.12. The fourth-order valence-electron chi connectivity index (χ4n) is 1.85. The summed E-state index contributed by atoms with van der Waals surface area (Å²) in [5.74, 6) is 0.126. The minimum atomic E-state index is -0.186. The van der Waals surface area contributed by atoms with Gasteiger partial charge < -0.3 is 15.6 Å². The van der Waals surface area contributed by atoms with Crippen molar-refractivity contribution in [3.05, 3.63) is 29.8 Å². The molecule has 4 nitrogen and oxygen atoms in total. The van der Waals surface area contributed by atoms with Gasteiger partial charge in [-0.1, -0.05) is 12.1 Å². The molecule has 0 saturated carbocycles. The predicted molar refractivity (Wildman–Crippen MR) is 59.1 cm³/mol. The number of ketones is 1. The van der Waals surface area contributed by atoms with Gasteiger partial charge in [0.05, 0.1) is 19.1 Å². The van der Waals surface area contributed by atoms with Crippen molar-refractivity contribution >= 4 is 5.78 Å². The molecule has 0 radical (unpaired) electrons. The van der Waals surface area contributed by atoms with Crippen LogP contribution in [0.5, 0.6) is 5.75 Å². The van der Waals surface area contributed by atoms with Gasteiger partial charge in [-0.2, -0.15) is 0 Å². The van der Waals surface area contributed by atoms with E-state index in [4.69, 9.17) is 15.6 Å². The Balaban J connectivity index is 1.99. The van der Waals surface area contributed by atoms with Crippen LogP contribution in [0.1, 0.15) is 5.56 Å². The minimum Gasteiger partial charge on any atom is -0.508 e. The molecule has 86 valence electrons. The van der Waals surface area contributed by atoms with Gasteiger partial charge in [0.25, 0.3) is 0 Å². The van der Waals surface area contributed by atoms with Crippen molar-refractivity contribution in [3.8, 4) is 5.75 Å². The maximum Gasteiger partial charge on any atom is 0.144 e. The number of aromatic hydroxyl groups is 1. The molecular formula is C12H15NO3. The van der Waals surface area contributed by atoms with Crippen LogP contribution in [0.4, 0.5) is 0 Å². The lowest BCUT2D eigenvalue weighted by atomic mass is 9.94. The smallest absolute Gasteiger partial charge is 0.144 e. The predicted octanol–water partition coefficient (Wildman–Crippen LogP) is 0.477. The first kappa shape index (κ1) is 11.1. The molecule has 1 heterocycles. The zero-order valence-corrected chi connectivity index (χ0v) is 8.93. The molecule has 4 heteroatoms. The molecule has 0 aliphatic carbocycles. The van der Waals surface area contributed by atoms with Crippen molar-refractivity contribution in [3.63, 3.8) is 0 Å². The highest BCUT2D eigenvalue weighted by Crippen LogP contribution is 2.17. The van der Waals surface area contributed by atoms with Crippen molar-refractivity contribution in [2.75, 3.05) is 13.2 Å². The van der Waals surface area contributed by atoms with Gasteiger partial charge in [0.1, 0.15) is 11.5 Å². The summed E-state index contributed by atoms with van der Waals surface area (Å²) in [7, 11) is 0. The Morgan fingerprint density at radius 2 is 2.06 bits per heavy atom. The van der Waals surface area contributed by atoms with Crippen LogP contribution in [0.3, 0.4) is 0 Å². The number of hydrogen-bond donors (Lipinski definition) is 2. The van der Waals surface area contributed by atoms with Gasteiger partial charge in [0.15, 0.2) is 0 Å². The number of ether oxygens (including phenoxy) is 1. The van der Waals surface area contributed by atoms with E-state index in [1.54, 1.807) is 24.3 Å². The van der Waals surface area contributed by atoms with Gasteiger partial charge in [0, 0.05) is 12.5 Å². The zero-order chi connectivity index (χ0) is 11.5. The van der Waals surface area contributed by atoms with E-state index < -0.39 is 0 Å². The Hall–Kier alpha value is -1.39. The number of benzene rings is 1. The van der Waals surface area contributed by atoms with Crippen LogP contribution < -0.4 is 5.73 Å². The SMILES string of the molecule is NC1COCC1C(=O)Cc1ccc(O)cc1. The van der Waals surface area contributed by atoms with Crippen LogP contribution in [0.25, 0.3) is 0 Å². The second-order valence-electron chi connectivity index (χ2n) is 4.12. The number of carbonyl (C=O) groups excluding carboxylic acids is 1. The molecule has 2 atom stereocenters. The number of nitrogens with two attached hydrogens (primary N) is 1. The molecular weight excluding hydrogens is 206 g/mol. The number of phenolic OH excluding ortho intramolecular Hbond substituents is 1. The summed E-state index contributed by atoms with van der Waals surface area (Å²) in [5.41, 5.74) is 6.66. The summed E-state index contributed by atoms with van der Waals surface area (Å²) in [4.78, 5) is 11.9. The highest BCUT2D eigenvalue weighted by molar-refractivity contribution is 5.84. The highest BCUT2D eigenvalue weighted by Gasteiger charge is 2.30. The van der Waals surface area contributed by atoms with Gasteiger partial charge in [-0.3, -0.25) is 4.79 Å². The lowest BCUT2D eigenvalue weighted by Crippen LogP contribution is -2.34. The molecule has 16 heavy (non-hydrogen) atoms. The molecule has 1 saturated heterocycles. The number of carbonyl (C=O) groups is 1. The number of hydrogen-bond acceptors (Lipinski definition) is 4. The van der Waals surface area contributed by atoms with Crippen molar-refractivity contribution in [2.24, 2.45) is 11.7 Å². The molecule has 1 aliphatic heterocycles. The lowest BCUT2D eigenvalue weighted by Gasteiger charge is -2.11. The molecule has 3 N–H and O–H groups in total. The third-order valence-electron chi connectivity index (χ3n) is 2.85. The average Bonchev–Trinajstić information content (AvgIpc) is 2.68. The van der Waals surface area contributed by atoms with Gasteiger partial charge in [-0.25, -0.2) is 0 Å². The summed E-state index contributed by atoms with van der Waals surface area (Å²) in [6.45, 7) is 0.893. The summed E-state index contributed by atoms with van der Waals surface area (Å²) < 4.78 is 5.16. The highest BCUT2D eigenvalue weighted by atomic mass is 16.5. The average molecular weight is 221 g/mol. The van der Waals surface area contributed by atoms with E-state index in [-0.39, 0.29) is 23.5 Å². The fourth-order valence-corrected chi connectivity index (χ4v) is 1.85. The number of phenols is 1. The first-order valence-corrected chi connectivity index (χ1v) is 5.31. The van der Waals surface area contributed by atoms with Gasteiger partial charge >= 0.3 is 0 Å². The van der Waals surface area contributed by atoms with E-state index in [1.165, 1.54) is 0 Å². The largest absolute Gasteiger partial charge is 0.508 e. The first-order valence-electron chi connectivity index (χ1n) is 5.31. The molecule has 2 rings (SSSR count). The summed E-state index contributed by atoms with van der Waals surface area (Å²) in [6.07, 6.45) is 0.349. The maximum absolute atomic E-state index is 11.9. The number of rotatable bonds is 3. The van der Waals surface area contributed by atoms with E-state index in [9.17, 15) is 4.79 Å². The summed E-state index contributed by atoms with van der Waals surface area (Å²) in [6, 6.07) is 6.47. The van der Waals surface area contributed by atoms with Crippen molar-refractivity contribution in [2.45, 2.75) is 12.5 Å². The van der Waals surface area contributed by atoms with E-state index >= 15 is 0 Å². The van der Waals surface area contributed by atoms with Gasteiger partial charge in [-0.15, -0.1) is 0 Å². The zero-order valence-electron chi connectivity index (χ0n) is 8.93. The summed E-state index contributed by atoms with van der Waals surface area (Å²) >= 11 is 0. The Morgan fingerprint density at radius 3 is 2.62 bits per heavy atom. The van der Waals surface area contributed by atoms with Crippen LogP contribution in [0, 0.1) is 5.92 Å². The van der Waals surface area contributed by atoms with Crippen LogP contribution in [0.15, 0.2) is 24.3 Å². The Kier molecular flexibility index (Phi) is 3.22. The second kappa shape index (κ2) is 4.63. The topological polar surface area (TPSA) is 72.5 Å². The third-order valence-corrected chi connectivity index (χ3v) is 2.85. The molecule has 0 bridgehead atoms. The second-order valence-corrected chi connectivity index (χ2v) is 4.12. The van der Waals surface area contributed by atoms with Crippen LogP contribution in [0.2, 0.25) is 0 Å².